The molecule has 192 valence electrons. The Morgan fingerprint density at radius 1 is 1.28 bits per heavy atom. The summed E-state index contributed by atoms with van der Waals surface area (Å²) in [6.45, 7) is 7.76. The molecule has 0 bridgehead atoms. The van der Waals surface area contributed by atoms with Crippen molar-refractivity contribution in [2.45, 2.75) is 64.8 Å². The van der Waals surface area contributed by atoms with Crippen molar-refractivity contribution in [1.82, 2.24) is 0 Å². The zero-order valence-corrected chi connectivity index (χ0v) is 21.6. The number of nitroso groups, excluding NO2 is 1. The third-order valence-electron chi connectivity index (χ3n) is 10.4. The van der Waals surface area contributed by atoms with Gasteiger partial charge in [-0.15, -0.1) is 0 Å². The van der Waals surface area contributed by atoms with E-state index in [1.165, 1.54) is 24.5 Å². The number of nitrogens with two attached hydrogens (primary N) is 1. The van der Waals surface area contributed by atoms with E-state index in [0.717, 1.165) is 0 Å². The van der Waals surface area contributed by atoms with Gasteiger partial charge in [0.15, 0.2) is 11.4 Å². The van der Waals surface area contributed by atoms with Crippen LogP contribution in [0.25, 0.3) is 0 Å². The number of carbonyl (C=O) groups is 2. The predicted octanol–water partition coefficient (Wildman–Crippen LogP) is 5.10. The maximum atomic E-state index is 15.8. The van der Waals surface area contributed by atoms with E-state index < -0.39 is 40.0 Å². The lowest BCUT2D eigenvalue weighted by Crippen LogP contribution is -2.68. The number of ether oxygens (including phenoxy) is 1. The largest absolute Gasteiger partial charge is 0.457 e. The zero-order valence-electron chi connectivity index (χ0n) is 20.8. The minimum absolute atomic E-state index is 0.0238. The van der Waals surface area contributed by atoms with Gasteiger partial charge in [0, 0.05) is 22.2 Å². The first-order valence-electron chi connectivity index (χ1n) is 12.4. The van der Waals surface area contributed by atoms with Gasteiger partial charge in [-0.05, 0) is 61.0 Å². The van der Waals surface area contributed by atoms with Crippen LogP contribution in [0.5, 0.6) is 0 Å². The second-order valence-corrected chi connectivity index (χ2v) is 12.0. The third-order valence-corrected chi connectivity index (χ3v) is 10.7. The van der Waals surface area contributed by atoms with Gasteiger partial charge in [0.1, 0.15) is 11.2 Å². The Bertz CT molecular complexity index is 1210. The summed E-state index contributed by atoms with van der Waals surface area (Å²) in [7, 11) is 0. The molecule has 0 spiro atoms. The highest BCUT2D eigenvalue weighted by Crippen LogP contribution is 2.74. The number of carbonyl (C=O) groups excluding carboxylic acids is 2. The van der Waals surface area contributed by atoms with Gasteiger partial charge in [0.25, 0.3) is 0 Å². The number of fused-ring (bicyclic) bond motifs is 5. The van der Waals surface area contributed by atoms with Gasteiger partial charge in [-0.2, -0.15) is 4.91 Å². The molecule has 1 heterocycles. The molecule has 2 N–H and O–H groups in total. The van der Waals surface area contributed by atoms with Gasteiger partial charge in [-0.1, -0.05) is 51.2 Å². The molecule has 3 saturated carbocycles. The molecule has 0 amide bonds. The lowest BCUT2D eigenvalue weighted by atomic mass is 9.39. The van der Waals surface area contributed by atoms with E-state index in [4.69, 9.17) is 27.1 Å². The van der Waals surface area contributed by atoms with Crippen molar-refractivity contribution >= 4 is 29.0 Å². The summed E-state index contributed by atoms with van der Waals surface area (Å²) < 4.78 is 27.2. The van der Waals surface area contributed by atoms with E-state index in [1.807, 2.05) is 27.7 Å². The Labute approximate surface area is 214 Å². The fraction of sp³-hybridized carbons (Fsp3) is 0.593. The quantitative estimate of drug-likeness (QED) is 0.338. The second-order valence-electron chi connectivity index (χ2n) is 11.6. The molecule has 0 aliphatic heterocycles. The molecule has 0 saturated heterocycles. The van der Waals surface area contributed by atoms with Crippen molar-refractivity contribution in [3.63, 3.8) is 0 Å². The van der Waals surface area contributed by atoms with Crippen LogP contribution in [0.15, 0.2) is 51.8 Å². The fourth-order valence-electron chi connectivity index (χ4n) is 8.46. The molecule has 0 aromatic carbocycles. The maximum Gasteiger partial charge on any atom is 0.375 e. The number of allylic oxidation sites excluding steroid dienone is 4. The number of ketones is 1. The van der Waals surface area contributed by atoms with Gasteiger partial charge in [-0.3, -0.25) is 4.79 Å². The second kappa shape index (κ2) is 7.91. The minimum Gasteiger partial charge on any atom is -0.457 e. The molecule has 4 aliphatic carbocycles. The van der Waals surface area contributed by atoms with Crippen LogP contribution in [0.2, 0.25) is 0 Å². The van der Waals surface area contributed by atoms with Crippen molar-refractivity contribution < 1.29 is 23.1 Å². The number of rotatable bonds is 4. The van der Waals surface area contributed by atoms with Crippen molar-refractivity contribution in [3.05, 3.63) is 52.9 Å². The molecule has 1 aromatic rings. The van der Waals surface area contributed by atoms with Gasteiger partial charge in [0.05, 0.1) is 12.3 Å². The Morgan fingerprint density at radius 3 is 2.61 bits per heavy atom. The van der Waals surface area contributed by atoms with Crippen LogP contribution in [-0.2, 0) is 9.53 Å². The van der Waals surface area contributed by atoms with Crippen LogP contribution in [0.3, 0.4) is 0 Å². The summed E-state index contributed by atoms with van der Waals surface area (Å²) in [4.78, 5) is 37.9. The number of halogens is 1. The van der Waals surface area contributed by atoms with E-state index in [1.54, 1.807) is 12.1 Å². The molecule has 9 heteroatoms. The fourth-order valence-corrected chi connectivity index (χ4v) is 8.93. The van der Waals surface area contributed by atoms with Crippen LogP contribution >= 0.6 is 12.2 Å². The summed E-state index contributed by atoms with van der Waals surface area (Å²) in [6.07, 6.45) is 5.58. The number of hydrogen-bond acceptors (Lipinski definition) is 7. The maximum absolute atomic E-state index is 15.8. The Balaban J connectivity index is 1.65. The number of nitrogens with zero attached hydrogens (tertiary/aromatic N) is 1. The Hall–Kier alpha value is -2.68. The van der Waals surface area contributed by atoms with Crippen molar-refractivity contribution in [2.24, 2.45) is 44.9 Å². The van der Waals surface area contributed by atoms with Crippen LogP contribution in [0.1, 0.15) is 57.5 Å². The van der Waals surface area contributed by atoms with Crippen LogP contribution in [0.4, 0.5) is 4.39 Å². The number of hydrogen-bond donors (Lipinski definition) is 1. The van der Waals surface area contributed by atoms with E-state index in [0.29, 0.717) is 12.0 Å². The molecular weight excluding hydrogens is 483 g/mol. The van der Waals surface area contributed by atoms with Gasteiger partial charge in [0.2, 0.25) is 5.76 Å². The third kappa shape index (κ3) is 2.86. The average Bonchev–Trinajstić information content (AvgIpc) is 3.43. The first kappa shape index (κ1) is 25.0. The number of furan rings is 1. The smallest absolute Gasteiger partial charge is 0.375 e. The van der Waals surface area contributed by atoms with E-state index in [9.17, 15) is 14.5 Å². The zero-order chi connectivity index (χ0) is 26.3. The minimum atomic E-state index is -1.37. The first-order chi connectivity index (χ1) is 16.9. The normalized spacial score (nSPS) is 45.2. The SMILES string of the molecule is C[C@@H]1CC2C3C[C@H](F)C4=CC(=O)C=CC4(C)[C@@]3(C)C(N=O)CC2(C)[C@@]1(OC(=O)c1ccco1)C(N)=S. The molecule has 7 nitrogen and oxygen atoms in total. The lowest BCUT2D eigenvalue weighted by Gasteiger charge is -2.65. The van der Waals surface area contributed by atoms with Crippen LogP contribution in [0, 0.1) is 38.9 Å². The molecule has 1 aromatic heterocycles. The number of thiocarbonyl (C=S) groups is 1. The molecule has 9 atom stereocenters. The summed E-state index contributed by atoms with van der Waals surface area (Å²) in [5.74, 6) is -1.67. The van der Waals surface area contributed by atoms with Gasteiger partial charge in [-0.25, -0.2) is 9.18 Å². The molecule has 5 rings (SSSR count). The summed E-state index contributed by atoms with van der Waals surface area (Å²) in [6, 6.07) is 2.33. The average molecular weight is 515 g/mol. The number of esters is 1. The molecular formula is C27H31FN2O5S. The van der Waals surface area contributed by atoms with Crippen LogP contribution < -0.4 is 5.73 Å². The van der Waals surface area contributed by atoms with Crippen LogP contribution in [-0.4, -0.2) is 34.6 Å². The molecule has 0 radical (unpaired) electrons. The van der Waals surface area contributed by atoms with Crippen molar-refractivity contribution in [3.8, 4) is 0 Å². The molecule has 5 unspecified atom stereocenters. The summed E-state index contributed by atoms with van der Waals surface area (Å²) >= 11 is 5.56. The lowest BCUT2D eigenvalue weighted by molar-refractivity contribution is -0.152. The van der Waals surface area contributed by atoms with E-state index in [2.05, 4.69) is 5.18 Å². The van der Waals surface area contributed by atoms with Crippen molar-refractivity contribution in [1.29, 1.82) is 0 Å². The van der Waals surface area contributed by atoms with Crippen molar-refractivity contribution in [2.75, 3.05) is 0 Å². The van der Waals surface area contributed by atoms with E-state index in [-0.39, 0.29) is 47.1 Å². The highest BCUT2D eigenvalue weighted by atomic mass is 32.1. The molecule has 3 fully saturated rings. The molecule has 4 aliphatic rings. The highest BCUT2D eigenvalue weighted by molar-refractivity contribution is 7.80. The van der Waals surface area contributed by atoms with Gasteiger partial charge >= 0.3 is 5.97 Å². The van der Waals surface area contributed by atoms with E-state index >= 15 is 4.39 Å². The Morgan fingerprint density at radius 2 is 2.00 bits per heavy atom. The number of alkyl halides is 1. The summed E-state index contributed by atoms with van der Waals surface area (Å²) in [5, 5.41) is 3.61. The Kier molecular flexibility index (Phi) is 5.49. The topological polar surface area (TPSA) is 112 Å². The van der Waals surface area contributed by atoms with Gasteiger partial charge < -0.3 is 14.9 Å². The monoisotopic (exact) mass is 514 g/mol. The standard InChI is InChI=1S/C27H31FN2O5S/c1-14-10-16-17-12-19(28)18-11-15(31)7-8-24(18,2)26(17,4)21(30-33)13-25(16,3)27(14,23(29)36)35-22(32)20-6-5-9-34-20/h5-9,11,14,16-17,19,21H,10,12-13H2,1-4H3,(H2,29,36)/t14-,16?,17?,19+,21?,24?,25?,26-,27+/m1/s1. The first-order valence-corrected chi connectivity index (χ1v) is 12.8. The summed E-state index contributed by atoms with van der Waals surface area (Å²) in [5.41, 5.74) is 2.90. The highest BCUT2D eigenvalue weighted by Gasteiger charge is 2.76. The molecule has 36 heavy (non-hydrogen) atoms. The predicted molar refractivity (Wildman–Crippen MR) is 135 cm³/mol.